The van der Waals surface area contributed by atoms with Crippen LogP contribution in [0, 0.1) is 5.92 Å². The largest absolute Gasteiger partial charge is 0.479 e. The van der Waals surface area contributed by atoms with E-state index in [1.807, 2.05) is 41.1 Å². The van der Waals surface area contributed by atoms with Gasteiger partial charge in [-0.2, -0.15) is 16.4 Å². The molecule has 1 saturated carbocycles. The molecule has 0 bridgehead atoms. The van der Waals surface area contributed by atoms with Gasteiger partial charge in [-0.05, 0) is 63.3 Å². The highest BCUT2D eigenvalue weighted by Gasteiger charge is 2.61. The van der Waals surface area contributed by atoms with E-state index in [9.17, 15) is 29.1 Å². The highest BCUT2D eigenvalue weighted by molar-refractivity contribution is 7.08. The zero-order valence-electron chi connectivity index (χ0n) is 28.1. The van der Waals surface area contributed by atoms with Crippen LogP contribution in [0.25, 0.3) is 11.1 Å². The first-order valence-corrected chi connectivity index (χ1v) is 17.9. The molecular formula is C35H44N6O7S. The minimum atomic E-state index is -1.47. The summed E-state index contributed by atoms with van der Waals surface area (Å²) >= 11 is 1.47. The van der Waals surface area contributed by atoms with Crippen LogP contribution >= 0.6 is 11.3 Å². The molecule has 3 aliphatic heterocycles. The van der Waals surface area contributed by atoms with Crippen molar-refractivity contribution in [3.05, 3.63) is 57.7 Å². The molecule has 0 radical (unpaired) electrons. The molecule has 5 atom stereocenters. The number of alkyl carbamates (subject to hydrolysis) is 1. The fourth-order valence-electron chi connectivity index (χ4n) is 7.02. The van der Waals surface area contributed by atoms with Crippen LogP contribution in [0.15, 0.2) is 52.1 Å². The summed E-state index contributed by atoms with van der Waals surface area (Å²) in [7, 11) is 0. The number of aliphatic carboxylic acids is 1. The number of ether oxygens (including phenoxy) is 1. The summed E-state index contributed by atoms with van der Waals surface area (Å²) in [5, 5.41) is 24.1. The number of amides is 3. The average molecular weight is 693 g/mol. The highest BCUT2D eigenvalue weighted by Crippen LogP contribution is 2.45. The van der Waals surface area contributed by atoms with Gasteiger partial charge in [-0.3, -0.25) is 14.4 Å². The van der Waals surface area contributed by atoms with Gasteiger partial charge in [-0.15, -0.1) is 0 Å². The molecule has 49 heavy (non-hydrogen) atoms. The Kier molecular flexibility index (Phi) is 9.70. The van der Waals surface area contributed by atoms with Gasteiger partial charge in [0.2, 0.25) is 11.8 Å². The van der Waals surface area contributed by atoms with Crippen molar-refractivity contribution in [3.8, 4) is 11.1 Å². The SMILES string of the molecule is CC(C)(C)OC(=O)N[C@H]1CCCCC/C=C\[C@@H]2C[C@@]2(C(=O)O)NC(=O)[C@@H]2C[C@H](n3ncc(N4CC=CC4)c(-c4ccsc4)c3=O)CN2C1=O. The summed E-state index contributed by atoms with van der Waals surface area (Å²) in [5.74, 6) is -2.62. The number of allylic oxidation sites excluding steroid dienone is 1. The summed E-state index contributed by atoms with van der Waals surface area (Å²) in [6, 6.07) is -0.907. The molecule has 13 nitrogen and oxygen atoms in total. The van der Waals surface area contributed by atoms with Gasteiger partial charge in [0.05, 0.1) is 23.5 Å². The third-order valence-electron chi connectivity index (χ3n) is 9.63. The molecule has 5 heterocycles. The monoisotopic (exact) mass is 692 g/mol. The first-order chi connectivity index (χ1) is 23.4. The number of anilines is 1. The van der Waals surface area contributed by atoms with Crippen molar-refractivity contribution in [2.24, 2.45) is 5.92 Å². The third kappa shape index (κ3) is 7.29. The Labute approximate surface area is 289 Å². The highest BCUT2D eigenvalue weighted by atomic mass is 32.1. The number of nitrogens with one attached hydrogen (secondary N) is 2. The minimum absolute atomic E-state index is 0.0343. The van der Waals surface area contributed by atoms with Crippen LogP contribution < -0.4 is 21.1 Å². The lowest BCUT2D eigenvalue weighted by molar-refractivity contribution is -0.145. The zero-order valence-corrected chi connectivity index (χ0v) is 28.9. The van der Waals surface area contributed by atoms with Gasteiger partial charge in [-0.1, -0.05) is 37.1 Å². The minimum Gasteiger partial charge on any atom is -0.479 e. The maximum absolute atomic E-state index is 14.4. The Hall–Kier alpha value is -4.46. The number of fused-ring (bicyclic) bond motifs is 2. The van der Waals surface area contributed by atoms with E-state index in [4.69, 9.17) is 4.74 Å². The van der Waals surface area contributed by atoms with E-state index in [1.165, 1.54) is 20.9 Å². The molecule has 0 spiro atoms. The lowest BCUT2D eigenvalue weighted by atomic mass is 10.0. The van der Waals surface area contributed by atoms with E-state index >= 15 is 0 Å². The molecule has 2 aromatic heterocycles. The van der Waals surface area contributed by atoms with Crippen LogP contribution in [-0.2, 0) is 19.1 Å². The summed E-state index contributed by atoms with van der Waals surface area (Å²) in [5.41, 5.74) is -0.669. The second kappa shape index (κ2) is 13.8. The molecule has 262 valence electrons. The van der Waals surface area contributed by atoms with Crippen LogP contribution in [0.3, 0.4) is 0 Å². The molecule has 2 fully saturated rings. The Balaban J connectivity index is 1.36. The number of carboxylic acids is 1. The van der Waals surface area contributed by atoms with Crippen LogP contribution in [0.1, 0.15) is 71.8 Å². The lowest BCUT2D eigenvalue weighted by Gasteiger charge is -2.30. The lowest BCUT2D eigenvalue weighted by Crippen LogP contribution is -2.56. The maximum atomic E-state index is 14.4. The van der Waals surface area contributed by atoms with Crippen molar-refractivity contribution in [2.75, 3.05) is 24.5 Å². The smallest absolute Gasteiger partial charge is 0.408 e. The number of rotatable bonds is 5. The molecule has 3 amide bonds. The van der Waals surface area contributed by atoms with Gasteiger partial charge in [0.1, 0.15) is 23.2 Å². The molecule has 1 aliphatic carbocycles. The summed E-state index contributed by atoms with van der Waals surface area (Å²) < 4.78 is 6.82. The number of carbonyl (C=O) groups is 4. The number of hydrogen-bond acceptors (Lipinski definition) is 9. The van der Waals surface area contributed by atoms with E-state index in [0.29, 0.717) is 37.2 Å². The fraction of sp³-hybridized carbons (Fsp3) is 0.543. The quantitative estimate of drug-likeness (QED) is 0.395. The molecule has 0 aromatic carbocycles. The van der Waals surface area contributed by atoms with Crippen molar-refractivity contribution in [1.82, 2.24) is 25.3 Å². The first-order valence-electron chi connectivity index (χ1n) is 16.9. The van der Waals surface area contributed by atoms with Gasteiger partial charge in [0, 0.05) is 37.5 Å². The predicted octanol–water partition coefficient (Wildman–Crippen LogP) is 3.86. The van der Waals surface area contributed by atoms with Crippen molar-refractivity contribution in [2.45, 2.75) is 95.0 Å². The van der Waals surface area contributed by atoms with Gasteiger partial charge in [0.15, 0.2) is 0 Å². The van der Waals surface area contributed by atoms with E-state index in [-0.39, 0.29) is 30.9 Å². The van der Waals surface area contributed by atoms with E-state index < -0.39 is 53.1 Å². The van der Waals surface area contributed by atoms with E-state index in [1.54, 1.807) is 27.0 Å². The molecular weight excluding hydrogens is 648 g/mol. The average Bonchev–Trinajstić information content (AvgIpc) is 3.56. The van der Waals surface area contributed by atoms with Crippen LogP contribution in [-0.4, -0.2) is 86.5 Å². The van der Waals surface area contributed by atoms with Crippen molar-refractivity contribution in [1.29, 1.82) is 0 Å². The van der Waals surface area contributed by atoms with Crippen LogP contribution in [0.4, 0.5) is 10.5 Å². The molecule has 1 saturated heterocycles. The zero-order chi connectivity index (χ0) is 34.9. The van der Waals surface area contributed by atoms with Crippen molar-refractivity contribution < 1.29 is 29.0 Å². The number of nitrogens with zero attached hydrogens (tertiary/aromatic N) is 4. The first kappa shape index (κ1) is 34.4. The Bertz CT molecular complexity index is 1710. The number of carboxylic acid groups (broad SMARTS) is 1. The summed E-state index contributed by atoms with van der Waals surface area (Å²) in [6.07, 6.45) is 12.3. The van der Waals surface area contributed by atoms with Crippen molar-refractivity contribution >= 4 is 40.9 Å². The van der Waals surface area contributed by atoms with Crippen molar-refractivity contribution in [3.63, 3.8) is 0 Å². The predicted molar refractivity (Wildman–Crippen MR) is 184 cm³/mol. The molecule has 3 N–H and O–H groups in total. The van der Waals surface area contributed by atoms with Gasteiger partial charge in [0.25, 0.3) is 5.56 Å². The standard InChI is InChI=1S/C35H44N6O7S/c1-34(2,3)48-33(47)37-25-12-8-6-4-5-7-11-23-18-35(23,32(45)46)38-29(42)26-17-24(20-40(26)30(25)43)41-31(44)28(22-13-16-49-21-22)27(19-36-41)39-14-9-10-15-39/h7,9-11,13,16,19,21,23-26H,4-6,8,12,14-15,17-18,20H2,1-3H3,(H,37,47)(H,38,42)(H,45,46)/b11-7-/t23-,24+,25+,26+,35-/m1/s1. The number of thiophene rings is 1. The fourth-order valence-corrected chi connectivity index (χ4v) is 7.66. The third-order valence-corrected chi connectivity index (χ3v) is 10.3. The summed E-state index contributed by atoms with van der Waals surface area (Å²) in [4.78, 5) is 71.5. The molecule has 6 rings (SSSR count). The number of hydrogen-bond donors (Lipinski definition) is 3. The Morgan fingerprint density at radius 3 is 2.59 bits per heavy atom. The van der Waals surface area contributed by atoms with E-state index in [2.05, 4.69) is 20.6 Å². The maximum Gasteiger partial charge on any atom is 0.408 e. The van der Waals surface area contributed by atoms with Gasteiger partial charge < -0.3 is 30.3 Å². The second-order valence-electron chi connectivity index (χ2n) is 14.3. The molecule has 0 unspecified atom stereocenters. The normalized spacial score (nSPS) is 28.1. The summed E-state index contributed by atoms with van der Waals surface area (Å²) in [6.45, 7) is 6.44. The van der Waals surface area contributed by atoms with Gasteiger partial charge >= 0.3 is 12.1 Å². The molecule has 4 aliphatic rings. The van der Waals surface area contributed by atoms with E-state index in [0.717, 1.165) is 24.8 Å². The topological polar surface area (TPSA) is 163 Å². The Morgan fingerprint density at radius 1 is 1.12 bits per heavy atom. The molecule has 14 heteroatoms. The van der Waals surface area contributed by atoms with Crippen LogP contribution in [0.2, 0.25) is 0 Å². The van der Waals surface area contributed by atoms with Crippen LogP contribution in [0.5, 0.6) is 0 Å². The number of aromatic nitrogens is 2. The second-order valence-corrected chi connectivity index (χ2v) is 15.1. The molecule has 2 aromatic rings. The number of carbonyl (C=O) groups excluding carboxylic acids is 3. The Morgan fingerprint density at radius 2 is 1.90 bits per heavy atom. The van der Waals surface area contributed by atoms with Gasteiger partial charge in [-0.25, -0.2) is 14.3 Å².